The zero-order valence-electron chi connectivity index (χ0n) is 7.63. The van der Waals surface area contributed by atoms with E-state index < -0.39 is 0 Å². The van der Waals surface area contributed by atoms with Gasteiger partial charge in [0.1, 0.15) is 0 Å². The molecule has 0 aromatic carbocycles. The minimum Gasteiger partial charge on any atom is -0.292 e. The van der Waals surface area contributed by atoms with E-state index in [1.807, 2.05) is 0 Å². The third kappa shape index (κ3) is 5.12. The smallest absolute Gasteiger partial charge is 0.0598 e. The molecule has 2 heteroatoms. The van der Waals surface area contributed by atoms with Gasteiger partial charge in [0.25, 0.3) is 0 Å². The molecule has 0 aromatic rings. The Hall–Kier alpha value is -0.190. The van der Waals surface area contributed by atoms with Crippen molar-refractivity contribution in [2.45, 2.75) is 32.7 Å². The van der Waals surface area contributed by atoms with Crippen molar-refractivity contribution in [3.05, 3.63) is 0 Å². The summed E-state index contributed by atoms with van der Waals surface area (Å²) in [5.74, 6) is 2.64. The van der Waals surface area contributed by atoms with E-state index in [-0.39, 0.29) is 12.4 Å². The minimum absolute atomic E-state index is 0. The lowest BCUT2D eigenvalue weighted by Gasteiger charge is -2.23. The predicted molar refractivity (Wildman–Crippen MR) is 53.1 cm³/mol. The van der Waals surface area contributed by atoms with Crippen molar-refractivity contribution in [1.82, 2.24) is 4.90 Å². The van der Waals surface area contributed by atoms with Crippen molar-refractivity contribution in [1.29, 1.82) is 0 Å². The molecule has 0 saturated carbocycles. The lowest BCUT2D eigenvalue weighted by atomic mass is 10.1. The summed E-state index contributed by atoms with van der Waals surface area (Å²) in [6, 6.07) is 0.663. The number of rotatable bonds is 4. The zero-order valence-corrected chi connectivity index (χ0v) is 8.45. The largest absolute Gasteiger partial charge is 0.292 e. The first-order valence-corrected chi connectivity index (χ1v) is 3.89. The number of halogens is 1. The molecule has 0 fully saturated rings. The van der Waals surface area contributed by atoms with Crippen molar-refractivity contribution in [3.63, 3.8) is 0 Å². The first kappa shape index (κ1) is 13.4. The van der Waals surface area contributed by atoms with E-state index in [4.69, 9.17) is 6.42 Å². The molecule has 0 rings (SSSR count). The summed E-state index contributed by atoms with van der Waals surface area (Å²) in [5, 5.41) is 0. The van der Waals surface area contributed by atoms with Gasteiger partial charge in [-0.2, -0.15) is 0 Å². The van der Waals surface area contributed by atoms with Crippen molar-refractivity contribution in [2.75, 3.05) is 13.6 Å². The second-order valence-electron chi connectivity index (χ2n) is 2.59. The van der Waals surface area contributed by atoms with Crippen LogP contribution in [0, 0.1) is 12.3 Å². The Labute approximate surface area is 76.6 Å². The maximum absolute atomic E-state index is 5.18. The van der Waals surface area contributed by atoms with Gasteiger partial charge in [-0.3, -0.25) is 4.90 Å². The molecule has 0 aliphatic rings. The summed E-state index contributed by atoms with van der Waals surface area (Å²) in [6.07, 6.45) is 7.56. The Bertz CT molecular complexity index is 113. The molecule has 0 N–H and O–H groups in total. The molecule has 0 saturated heterocycles. The minimum atomic E-state index is 0. The first-order valence-electron chi connectivity index (χ1n) is 3.89. The topological polar surface area (TPSA) is 3.24 Å². The number of hydrogen-bond donors (Lipinski definition) is 0. The highest BCUT2D eigenvalue weighted by molar-refractivity contribution is 5.85. The summed E-state index contributed by atoms with van der Waals surface area (Å²) in [6.45, 7) is 5.16. The molecule has 0 spiro atoms. The third-order valence-electron chi connectivity index (χ3n) is 1.91. The molecular weight excluding hydrogens is 158 g/mol. The SMILES string of the molecule is C#CCN(C)C(CC)CC.Cl. The van der Waals surface area contributed by atoms with E-state index in [1.165, 1.54) is 12.8 Å². The van der Waals surface area contributed by atoms with Gasteiger partial charge in [-0.1, -0.05) is 19.8 Å². The molecule has 0 heterocycles. The van der Waals surface area contributed by atoms with E-state index >= 15 is 0 Å². The Balaban J connectivity index is 0. The van der Waals surface area contributed by atoms with Gasteiger partial charge in [0, 0.05) is 6.04 Å². The van der Waals surface area contributed by atoms with Crippen LogP contribution in [0.15, 0.2) is 0 Å². The Morgan fingerprint density at radius 1 is 1.36 bits per heavy atom. The van der Waals surface area contributed by atoms with Crippen LogP contribution in [0.2, 0.25) is 0 Å². The lowest BCUT2D eigenvalue weighted by molar-refractivity contribution is 0.256. The molecule has 0 aliphatic heterocycles. The molecule has 0 amide bonds. The van der Waals surface area contributed by atoms with Gasteiger partial charge >= 0.3 is 0 Å². The van der Waals surface area contributed by atoms with Gasteiger partial charge in [-0.25, -0.2) is 0 Å². The summed E-state index contributed by atoms with van der Waals surface area (Å²) in [5.41, 5.74) is 0. The second-order valence-corrected chi connectivity index (χ2v) is 2.59. The van der Waals surface area contributed by atoms with Gasteiger partial charge in [0.2, 0.25) is 0 Å². The number of terminal acetylenes is 1. The average molecular weight is 176 g/mol. The molecular formula is C9H18ClN. The molecule has 11 heavy (non-hydrogen) atoms. The summed E-state index contributed by atoms with van der Waals surface area (Å²) < 4.78 is 0. The van der Waals surface area contributed by atoms with Gasteiger partial charge in [-0.15, -0.1) is 18.8 Å². The molecule has 66 valence electrons. The number of nitrogens with zero attached hydrogens (tertiary/aromatic N) is 1. The van der Waals surface area contributed by atoms with E-state index in [1.54, 1.807) is 0 Å². The fraction of sp³-hybridized carbons (Fsp3) is 0.778. The van der Waals surface area contributed by atoms with Crippen LogP contribution in [0.3, 0.4) is 0 Å². The first-order chi connectivity index (χ1) is 4.76. The molecule has 0 aliphatic carbocycles. The quantitative estimate of drug-likeness (QED) is 0.592. The zero-order chi connectivity index (χ0) is 7.98. The van der Waals surface area contributed by atoms with Gasteiger partial charge in [0.15, 0.2) is 0 Å². The summed E-state index contributed by atoms with van der Waals surface area (Å²) >= 11 is 0. The fourth-order valence-electron chi connectivity index (χ4n) is 1.19. The third-order valence-corrected chi connectivity index (χ3v) is 1.91. The molecule has 0 radical (unpaired) electrons. The van der Waals surface area contributed by atoms with Gasteiger partial charge in [-0.05, 0) is 19.9 Å². The Morgan fingerprint density at radius 2 is 1.82 bits per heavy atom. The van der Waals surface area contributed by atoms with Crippen LogP contribution >= 0.6 is 12.4 Å². The van der Waals surface area contributed by atoms with Crippen molar-refractivity contribution in [2.24, 2.45) is 0 Å². The molecule has 0 bridgehead atoms. The van der Waals surface area contributed by atoms with Crippen LogP contribution in [-0.2, 0) is 0 Å². The predicted octanol–water partition coefficient (Wildman–Crippen LogP) is 2.16. The van der Waals surface area contributed by atoms with Crippen molar-refractivity contribution >= 4 is 12.4 Å². The molecule has 0 unspecified atom stereocenters. The van der Waals surface area contributed by atoms with E-state index in [2.05, 4.69) is 31.7 Å². The van der Waals surface area contributed by atoms with Crippen LogP contribution in [0.5, 0.6) is 0 Å². The Morgan fingerprint density at radius 3 is 2.09 bits per heavy atom. The Kier molecular flexibility index (Phi) is 9.64. The fourth-order valence-corrected chi connectivity index (χ4v) is 1.19. The second kappa shape index (κ2) is 7.91. The maximum atomic E-state index is 5.18. The van der Waals surface area contributed by atoms with E-state index in [0.29, 0.717) is 6.04 Å². The van der Waals surface area contributed by atoms with E-state index in [9.17, 15) is 0 Å². The highest BCUT2D eigenvalue weighted by atomic mass is 35.5. The highest BCUT2D eigenvalue weighted by Crippen LogP contribution is 2.04. The van der Waals surface area contributed by atoms with E-state index in [0.717, 1.165) is 6.54 Å². The van der Waals surface area contributed by atoms with Crippen LogP contribution in [0.25, 0.3) is 0 Å². The average Bonchev–Trinajstić information content (AvgIpc) is 1.91. The van der Waals surface area contributed by atoms with Crippen LogP contribution in [0.4, 0.5) is 0 Å². The van der Waals surface area contributed by atoms with Crippen LogP contribution < -0.4 is 0 Å². The van der Waals surface area contributed by atoms with Crippen LogP contribution in [0.1, 0.15) is 26.7 Å². The molecule has 0 atom stereocenters. The summed E-state index contributed by atoms with van der Waals surface area (Å²) in [4.78, 5) is 2.22. The summed E-state index contributed by atoms with van der Waals surface area (Å²) in [7, 11) is 2.08. The molecule has 0 aromatic heterocycles. The standard InChI is InChI=1S/C9H17N.ClH/c1-5-8-10(4)9(6-2)7-3;/h1,9H,6-8H2,2-4H3;1H. The monoisotopic (exact) mass is 175 g/mol. The van der Waals surface area contributed by atoms with Gasteiger partial charge in [0.05, 0.1) is 6.54 Å². The van der Waals surface area contributed by atoms with Crippen molar-refractivity contribution in [3.8, 4) is 12.3 Å². The lowest BCUT2D eigenvalue weighted by Crippen LogP contribution is -2.30. The maximum Gasteiger partial charge on any atom is 0.0598 e. The normalized spacial score (nSPS) is 9.45. The van der Waals surface area contributed by atoms with Crippen molar-refractivity contribution < 1.29 is 0 Å². The molecule has 1 nitrogen and oxygen atoms in total. The highest BCUT2D eigenvalue weighted by Gasteiger charge is 2.07. The van der Waals surface area contributed by atoms with Gasteiger partial charge < -0.3 is 0 Å². The van der Waals surface area contributed by atoms with Crippen LogP contribution in [-0.4, -0.2) is 24.5 Å². The number of hydrogen-bond acceptors (Lipinski definition) is 1.